The minimum Gasteiger partial charge on any atom is -0.497 e. The maximum Gasteiger partial charge on any atom is 0.205 e. The number of rotatable bonds is 2. The van der Waals surface area contributed by atoms with Crippen LogP contribution in [0.1, 0.15) is 30.7 Å². The number of nitriles is 1. The molecule has 0 spiro atoms. The Hall–Kier alpha value is -3.04. The van der Waals surface area contributed by atoms with Crippen molar-refractivity contribution < 1.29 is 14.3 Å². The number of fused-ring (bicyclic) bond motifs is 1. The van der Waals surface area contributed by atoms with E-state index in [2.05, 4.69) is 11.1 Å². The second-order valence-corrected chi connectivity index (χ2v) is 6.82. The first-order chi connectivity index (χ1) is 13.0. The number of pyridine rings is 1. The number of hydrogen-bond donors (Lipinski definition) is 1. The molecule has 0 saturated heterocycles. The van der Waals surface area contributed by atoms with Gasteiger partial charge < -0.3 is 15.2 Å². The van der Waals surface area contributed by atoms with Crippen LogP contribution in [-0.4, -0.2) is 17.9 Å². The Morgan fingerprint density at radius 3 is 2.93 bits per heavy atom. The summed E-state index contributed by atoms with van der Waals surface area (Å²) in [5.74, 6) is 0.491. The number of carbonyl (C=O) groups excluding carboxylic acids is 1. The van der Waals surface area contributed by atoms with Crippen molar-refractivity contribution >= 4 is 28.3 Å². The van der Waals surface area contributed by atoms with Crippen LogP contribution >= 0.6 is 11.6 Å². The summed E-state index contributed by atoms with van der Waals surface area (Å²) < 4.78 is 10.8. The van der Waals surface area contributed by atoms with E-state index in [1.54, 1.807) is 13.2 Å². The number of aromatic nitrogens is 1. The molecule has 27 heavy (non-hydrogen) atoms. The van der Waals surface area contributed by atoms with Crippen molar-refractivity contribution in [2.75, 3.05) is 7.11 Å². The lowest BCUT2D eigenvalue weighted by atomic mass is 9.78. The van der Waals surface area contributed by atoms with Crippen LogP contribution in [0, 0.1) is 11.3 Å². The summed E-state index contributed by atoms with van der Waals surface area (Å²) in [5.41, 5.74) is 7.85. The van der Waals surface area contributed by atoms with Gasteiger partial charge in [0, 0.05) is 35.4 Å². The summed E-state index contributed by atoms with van der Waals surface area (Å²) in [6, 6.07) is 9.38. The van der Waals surface area contributed by atoms with Gasteiger partial charge in [-0.15, -0.1) is 0 Å². The molecule has 4 rings (SSSR count). The van der Waals surface area contributed by atoms with Crippen molar-refractivity contribution in [3.8, 4) is 11.8 Å². The molecular formula is C20H16ClN3O3. The second kappa shape index (κ2) is 6.60. The van der Waals surface area contributed by atoms with Crippen LogP contribution in [0.25, 0.3) is 10.9 Å². The third-order valence-corrected chi connectivity index (χ3v) is 5.22. The van der Waals surface area contributed by atoms with Gasteiger partial charge in [0.25, 0.3) is 0 Å². The van der Waals surface area contributed by atoms with Gasteiger partial charge in [-0.05, 0) is 24.6 Å². The SMILES string of the molecule is COc1ccc2cc([C@@H]3C(C#N)=C(N)OC4=C3C(=O)CCC4)c(Cl)nc2c1. The van der Waals surface area contributed by atoms with Crippen LogP contribution in [0.4, 0.5) is 0 Å². The van der Waals surface area contributed by atoms with Gasteiger partial charge in [0.1, 0.15) is 28.3 Å². The summed E-state index contributed by atoms with van der Waals surface area (Å²) in [5, 5.41) is 10.7. The number of Topliss-reactive ketones (excluding diaryl/α,β-unsaturated/α-hetero) is 1. The zero-order valence-electron chi connectivity index (χ0n) is 14.6. The van der Waals surface area contributed by atoms with Gasteiger partial charge in [-0.1, -0.05) is 11.6 Å². The minimum atomic E-state index is -0.668. The number of allylic oxidation sites excluding steroid dienone is 3. The number of benzene rings is 1. The van der Waals surface area contributed by atoms with Crippen molar-refractivity contribution in [2.45, 2.75) is 25.2 Å². The number of nitrogens with two attached hydrogens (primary N) is 1. The minimum absolute atomic E-state index is 0.0156. The molecule has 0 radical (unpaired) electrons. The van der Waals surface area contributed by atoms with Gasteiger partial charge in [0.2, 0.25) is 5.88 Å². The Kier molecular flexibility index (Phi) is 4.25. The first-order valence-electron chi connectivity index (χ1n) is 8.51. The standard InChI is InChI=1S/C20H16ClN3O3/c1-26-11-6-5-10-7-12(19(21)24-14(10)8-11)17-13(9-22)20(23)27-16-4-2-3-15(25)18(16)17/h5-8,17H,2-4,23H2,1H3/t17-/m1/s1. The Bertz CT molecular complexity index is 1080. The number of halogens is 1. The van der Waals surface area contributed by atoms with Gasteiger partial charge in [-0.2, -0.15) is 5.26 Å². The number of methoxy groups -OCH3 is 1. The van der Waals surface area contributed by atoms with Crippen LogP contribution in [0.2, 0.25) is 5.15 Å². The van der Waals surface area contributed by atoms with E-state index in [9.17, 15) is 10.1 Å². The first-order valence-corrected chi connectivity index (χ1v) is 8.89. The van der Waals surface area contributed by atoms with E-state index in [4.69, 9.17) is 26.8 Å². The predicted octanol–water partition coefficient (Wildman–Crippen LogP) is 3.71. The topological polar surface area (TPSA) is 98.2 Å². The Morgan fingerprint density at radius 2 is 2.19 bits per heavy atom. The smallest absolute Gasteiger partial charge is 0.205 e. The average Bonchev–Trinajstić information content (AvgIpc) is 2.66. The van der Waals surface area contributed by atoms with Crippen molar-refractivity contribution in [2.24, 2.45) is 5.73 Å². The van der Waals surface area contributed by atoms with Crippen molar-refractivity contribution in [3.63, 3.8) is 0 Å². The molecule has 0 fully saturated rings. The van der Waals surface area contributed by atoms with Crippen molar-refractivity contribution in [1.82, 2.24) is 4.98 Å². The lowest BCUT2D eigenvalue weighted by Gasteiger charge is -2.31. The molecule has 1 atom stereocenters. The maximum absolute atomic E-state index is 12.6. The highest BCUT2D eigenvalue weighted by Gasteiger charge is 2.39. The number of hydrogen-bond acceptors (Lipinski definition) is 6. The highest BCUT2D eigenvalue weighted by molar-refractivity contribution is 6.31. The van der Waals surface area contributed by atoms with Crippen LogP contribution in [0.15, 0.2) is 47.1 Å². The zero-order valence-corrected chi connectivity index (χ0v) is 15.3. The quantitative estimate of drug-likeness (QED) is 0.796. The number of nitrogens with zero attached hydrogens (tertiary/aromatic N) is 2. The second-order valence-electron chi connectivity index (χ2n) is 6.47. The summed E-state index contributed by atoms with van der Waals surface area (Å²) in [7, 11) is 1.58. The van der Waals surface area contributed by atoms with Gasteiger partial charge in [0.15, 0.2) is 5.78 Å². The lowest BCUT2D eigenvalue weighted by Crippen LogP contribution is -2.27. The molecule has 2 heterocycles. The van der Waals surface area contributed by atoms with E-state index >= 15 is 0 Å². The predicted molar refractivity (Wildman–Crippen MR) is 99.8 cm³/mol. The Balaban J connectivity index is 1.94. The number of ketones is 1. The largest absolute Gasteiger partial charge is 0.497 e. The number of ether oxygens (including phenoxy) is 2. The normalized spacial score (nSPS) is 19.6. The van der Waals surface area contributed by atoms with Gasteiger partial charge in [-0.25, -0.2) is 4.98 Å². The maximum atomic E-state index is 12.6. The molecule has 136 valence electrons. The lowest BCUT2D eigenvalue weighted by molar-refractivity contribution is -0.116. The highest BCUT2D eigenvalue weighted by atomic mass is 35.5. The zero-order chi connectivity index (χ0) is 19.1. The van der Waals surface area contributed by atoms with Crippen LogP contribution in [-0.2, 0) is 9.53 Å². The molecule has 1 aliphatic carbocycles. The number of carbonyl (C=O) groups is 1. The van der Waals surface area contributed by atoms with Gasteiger partial charge in [-0.3, -0.25) is 4.79 Å². The summed E-state index contributed by atoms with van der Waals surface area (Å²) in [6.07, 6.45) is 1.71. The van der Waals surface area contributed by atoms with E-state index < -0.39 is 5.92 Å². The molecule has 0 saturated carbocycles. The van der Waals surface area contributed by atoms with Crippen molar-refractivity contribution in [1.29, 1.82) is 5.26 Å². The molecule has 6 nitrogen and oxygen atoms in total. The Morgan fingerprint density at radius 1 is 1.37 bits per heavy atom. The third kappa shape index (κ3) is 2.81. The molecule has 0 amide bonds. The molecule has 7 heteroatoms. The van der Waals surface area contributed by atoms with E-state index in [1.165, 1.54) is 0 Å². The van der Waals surface area contributed by atoms with Crippen molar-refractivity contribution in [3.05, 3.63) is 57.8 Å². The van der Waals surface area contributed by atoms with E-state index in [0.717, 1.165) is 5.39 Å². The molecule has 0 unspecified atom stereocenters. The fourth-order valence-electron chi connectivity index (χ4n) is 3.64. The molecule has 0 bridgehead atoms. The molecular weight excluding hydrogens is 366 g/mol. The summed E-state index contributed by atoms with van der Waals surface area (Å²) in [4.78, 5) is 17.1. The summed E-state index contributed by atoms with van der Waals surface area (Å²) in [6.45, 7) is 0. The van der Waals surface area contributed by atoms with Crippen LogP contribution in [0.5, 0.6) is 5.75 Å². The molecule has 2 aliphatic rings. The third-order valence-electron chi connectivity index (χ3n) is 4.92. The molecule has 2 aromatic rings. The average molecular weight is 382 g/mol. The molecule has 1 aromatic heterocycles. The van der Waals surface area contributed by atoms with Gasteiger partial charge >= 0.3 is 0 Å². The molecule has 1 aliphatic heterocycles. The first kappa shape index (κ1) is 17.4. The summed E-state index contributed by atoms with van der Waals surface area (Å²) >= 11 is 6.48. The fraction of sp³-hybridized carbons (Fsp3) is 0.250. The molecule has 1 aromatic carbocycles. The molecule has 2 N–H and O–H groups in total. The van der Waals surface area contributed by atoms with Crippen LogP contribution in [0.3, 0.4) is 0 Å². The highest BCUT2D eigenvalue weighted by Crippen LogP contribution is 2.45. The van der Waals surface area contributed by atoms with Crippen LogP contribution < -0.4 is 10.5 Å². The monoisotopic (exact) mass is 381 g/mol. The van der Waals surface area contributed by atoms with E-state index in [1.807, 2.05) is 18.2 Å². The van der Waals surface area contributed by atoms with E-state index in [0.29, 0.717) is 47.4 Å². The van der Waals surface area contributed by atoms with Gasteiger partial charge in [0.05, 0.1) is 18.5 Å². The van der Waals surface area contributed by atoms with E-state index in [-0.39, 0.29) is 22.4 Å². The Labute approximate surface area is 160 Å². The fourth-order valence-corrected chi connectivity index (χ4v) is 3.89.